The second kappa shape index (κ2) is 11.1. The van der Waals surface area contributed by atoms with E-state index in [1.54, 1.807) is 26.1 Å². The van der Waals surface area contributed by atoms with Crippen LogP contribution in [-0.2, 0) is 0 Å². The number of hydrogen-bond donors (Lipinski definition) is 5. The highest BCUT2D eigenvalue weighted by Crippen LogP contribution is 2.53. The number of aryl methyl sites for hydroxylation is 2. The van der Waals surface area contributed by atoms with Crippen LogP contribution in [0.5, 0.6) is 0 Å². The maximum atomic E-state index is 13.7. The van der Waals surface area contributed by atoms with Gasteiger partial charge in [-0.2, -0.15) is 10.2 Å². The molecule has 46 heavy (non-hydrogen) atoms. The summed E-state index contributed by atoms with van der Waals surface area (Å²) in [5, 5.41) is 50.2. The van der Waals surface area contributed by atoms with Crippen molar-refractivity contribution in [1.29, 1.82) is 5.26 Å². The SMILES string of the molecule is Cc1nc(NCC2C3CN(c4ccc(F)cc4C#N)C[C@@H]23)nc(N[C@@]2(O)CC[C@H](C(C)(C)O)[C@H]2O)c1-c1nc2c(C)nccc2s1. The zero-order chi connectivity index (χ0) is 32.5. The molecule has 3 aliphatic rings. The first-order valence-corrected chi connectivity index (χ1v) is 16.4. The van der Waals surface area contributed by atoms with Crippen LogP contribution in [0.2, 0.25) is 0 Å². The number of hydrogen-bond acceptors (Lipinski definition) is 12. The monoisotopic (exact) mass is 644 g/mol. The standard InChI is InChI=1S/C33H37FN8O3S/c1-16-26(30-39-27-17(2)36-10-8-25(27)46-30)29(41-33(45)9-7-23(28(33)43)32(3,4)44)40-31(38-16)37-13-20-21-14-42(15-22(20)21)24-6-5-19(34)11-18(24)12-35/h5-6,8,10-11,20-23,28,43-45H,7,9,13-15H2,1-4H3,(H2,37,38,40,41)/t20?,21-,22?,23-,28+,33+/m0/s1. The Kier molecular flexibility index (Phi) is 7.39. The number of nitriles is 1. The van der Waals surface area contributed by atoms with Crippen LogP contribution in [0, 0.1) is 54.7 Å². The van der Waals surface area contributed by atoms with Gasteiger partial charge in [0.15, 0.2) is 5.72 Å². The third-order valence-electron chi connectivity index (χ3n) is 10.0. The van der Waals surface area contributed by atoms with Crippen molar-refractivity contribution >= 4 is 39.0 Å². The fraction of sp³-hybridized carbons (Fsp3) is 0.485. The number of aromatic nitrogens is 4. The number of benzene rings is 1. The van der Waals surface area contributed by atoms with Crippen LogP contribution in [0.3, 0.4) is 0 Å². The van der Waals surface area contributed by atoms with Gasteiger partial charge in [-0.25, -0.2) is 14.4 Å². The Labute approximate surface area is 270 Å². The van der Waals surface area contributed by atoms with Gasteiger partial charge < -0.3 is 30.9 Å². The second-order valence-corrected chi connectivity index (χ2v) is 14.5. The Morgan fingerprint density at radius 3 is 2.59 bits per heavy atom. The van der Waals surface area contributed by atoms with E-state index in [2.05, 4.69) is 26.6 Å². The number of fused-ring (bicyclic) bond motifs is 2. The molecule has 3 fully saturated rings. The number of aliphatic hydroxyl groups excluding tert-OH is 1. The van der Waals surface area contributed by atoms with Crippen molar-refractivity contribution in [2.24, 2.45) is 23.7 Å². The summed E-state index contributed by atoms with van der Waals surface area (Å²) in [7, 11) is 0. The lowest BCUT2D eigenvalue weighted by Crippen LogP contribution is -2.51. The van der Waals surface area contributed by atoms with Gasteiger partial charge in [-0.1, -0.05) is 0 Å². The third kappa shape index (κ3) is 5.33. The van der Waals surface area contributed by atoms with Crippen molar-refractivity contribution in [3.05, 3.63) is 53.2 Å². The first kappa shape index (κ1) is 30.7. The van der Waals surface area contributed by atoms with Gasteiger partial charge in [-0.3, -0.25) is 4.98 Å². The number of anilines is 3. The Morgan fingerprint density at radius 2 is 1.91 bits per heavy atom. The van der Waals surface area contributed by atoms with Gasteiger partial charge in [0.1, 0.15) is 34.3 Å². The molecule has 1 saturated heterocycles. The van der Waals surface area contributed by atoms with Crippen LogP contribution in [0.4, 0.5) is 21.8 Å². The molecule has 1 aromatic carbocycles. The van der Waals surface area contributed by atoms with Crippen LogP contribution in [0.1, 0.15) is 43.6 Å². The smallest absolute Gasteiger partial charge is 0.224 e. The highest BCUT2D eigenvalue weighted by molar-refractivity contribution is 7.21. The summed E-state index contributed by atoms with van der Waals surface area (Å²) in [5.41, 5.74) is 1.10. The molecular formula is C33H37FN8O3S. The quantitative estimate of drug-likeness (QED) is 0.175. The molecule has 0 amide bonds. The molecule has 4 aromatic rings. The molecule has 2 saturated carbocycles. The van der Waals surface area contributed by atoms with Gasteiger partial charge in [-0.15, -0.1) is 11.3 Å². The molecule has 240 valence electrons. The van der Waals surface area contributed by atoms with E-state index >= 15 is 0 Å². The average molecular weight is 645 g/mol. The highest BCUT2D eigenvalue weighted by Gasteiger charge is 2.56. The lowest BCUT2D eigenvalue weighted by molar-refractivity contribution is -0.0926. The van der Waals surface area contributed by atoms with Crippen molar-refractivity contribution in [2.75, 3.05) is 35.2 Å². The fourth-order valence-corrected chi connectivity index (χ4v) is 8.52. The number of piperidine rings is 1. The van der Waals surface area contributed by atoms with E-state index in [-0.39, 0.29) is 6.42 Å². The van der Waals surface area contributed by atoms with Crippen LogP contribution >= 0.6 is 11.3 Å². The largest absolute Gasteiger partial charge is 0.390 e. The minimum absolute atomic E-state index is 0.223. The molecule has 0 spiro atoms. The number of halogens is 1. The number of thiazole rings is 1. The predicted octanol–water partition coefficient (Wildman–Crippen LogP) is 4.21. The van der Waals surface area contributed by atoms with Gasteiger partial charge in [0.05, 0.1) is 38.5 Å². The molecule has 0 radical (unpaired) electrons. The first-order valence-electron chi connectivity index (χ1n) is 15.6. The summed E-state index contributed by atoms with van der Waals surface area (Å²) < 4.78 is 14.6. The summed E-state index contributed by atoms with van der Waals surface area (Å²) in [6, 6.07) is 8.38. The van der Waals surface area contributed by atoms with Crippen molar-refractivity contribution < 1.29 is 19.7 Å². The Bertz CT molecular complexity index is 1860. The molecule has 7 rings (SSSR count). The second-order valence-electron chi connectivity index (χ2n) is 13.5. The normalized spacial score (nSPS) is 27.1. The number of aliphatic hydroxyl groups is 3. The average Bonchev–Trinajstić information content (AvgIpc) is 3.33. The predicted molar refractivity (Wildman–Crippen MR) is 174 cm³/mol. The van der Waals surface area contributed by atoms with E-state index in [0.717, 1.165) is 34.7 Å². The van der Waals surface area contributed by atoms with E-state index in [1.807, 2.05) is 19.9 Å². The van der Waals surface area contributed by atoms with Crippen molar-refractivity contribution in [1.82, 2.24) is 19.9 Å². The molecule has 2 aliphatic carbocycles. The first-order chi connectivity index (χ1) is 21.9. The molecule has 6 atom stereocenters. The molecule has 4 heterocycles. The minimum atomic E-state index is -1.72. The van der Waals surface area contributed by atoms with Gasteiger partial charge in [-0.05, 0) is 82.6 Å². The zero-order valence-electron chi connectivity index (χ0n) is 26.1. The minimum Gasteiger partial charge on any atom is -0.390 e. The summed E-state index contributed by atoms with van der Waals surface area (Å²) in [6.07, 6.45) is 1.17. The molecule has 2 unspecified atom stereocenters. The van der Waals surface area contributed by atoms with Crippen LogP contribution in [0.15, 0.2) is 30.5 Å². The number of pyridine rings is 1. The van der Waals surface area contributed by atoms with Crippen molar-refractivity contribution in [3.8, 4) is 16.6 Å². The Hall–Kier alpha value is -3.96. The van der Waals surface area contributed by atoms with Crippen LogP contribution < -0.4 is 15.5 Å². The number of nitrogens with one attached hydrogen (secondary N) is 2. The third-order valence-corrected chi connectivity index (χ3v) is 11.1. The Balaban J connectivity index is 1.13. The molecule has 3 aromatic heterocycles. The lowest BCUT2D eigenvalue weighted by atomic mass is 9.87. The molecule has 11 nitrogen and oxygen atoms in total. The van der Waals surface area contributed by atoms with Crippen molar-refractivity contribution in [2.45, 2.75) is 58.0 Å². The zero-order valence-corrected chi connectivity index (χ0v) is 26.9. The maximum absolute atomic E-state index is 13.7. The van der Waals surface area contributed by atoms with E-state index in [4.69, 9.17) is 15.0 Å². The topological polar surface area (TPSA) is 163 Å². The van der Waals surface area contributed by atoms with Gasteiger partial charge >= 0.3 is 0 Å². The van der Waals surface area contributed by atoms with Gasteiger partial charge in [0, 0.05) is 31.7 Å². The fourth-order valence-electron chi connectivity index (χ4n) is 7.41. The summed E-state index contributed by atoms with van der Waals surface area (Å²) in [6.45, 7) is 9.30. The molecular weight excluding hydrogens is 607 g/mol. The van der Waals surface area contributed by atoms with E-state index in [9.17, 15) is 25.0 Å². The van der Waals surface area contributed by atoms with E-state index in [0.29, 0.717) is 64.3 Å². The number of rotatable bonds is 8. The van der Waals surface area contributed by atoms with E-state index < -0.39 is 29.2 Å². The summed E-state index contributed by atoms with van der Waals surface area (Å²) in [4.78, 5) is 21.0. The molecule has 1 aliphatic heterocycles. The molecule has 13 heteroatoms. The van der Waals surface area contributed by atoms with Gasteiger partial charge in [0.25, 0.3) is 0 Å². The van der Waals surface area contributed by atoms with Crippen LogP contribution in [0.25, 0.3) is 20.8 Å². The van der Waals surface area contributed by atoms with Crippen LogP contribution in [-0.4, -0.2) is 72.3 Å². The molecule has 0 bridgehead atoms. The molecule has 5 N–H and O–H groups in total. The van der Waals surface area contributed by atoms with Crippen molar-refractivity contribution in [3.63, 3.8) is 0 Å². The Morgan fingerprint density at radius 1 is 1.15 bits per heavy atom. The van der Waals surface area contributed by atoms with E-state index in [1.165, 1.54) is 23.5 Å². The number of nitrogens with zero attached hydrogens (tertiary/aromatic N) is 6. The highest BCUT2D eigenvalue weighted by atomic mass is 32.1. The maximum Gasteiger partial charge on any atom is 0.224 e. The van der Waals surface area contributed by atoms with Gasteiger partial charge in [0.2, 0.25) is 5.95 Å². The summed E-state index contributed by atoms with van der Waals surface area (Å²) >= 11 is 1.48. The summed E-state index contributed by atoms with van der Waals surface area (Å²) in [5.74, 6) is 1.08. The lowest BCUT2D eigenvalue weighted by Gasteiger charge is -2.34.